The van der Waals surface area contributed by atoms with Crippen LogP contribution in [0.25, 0.3) is 34.3 Å². The fraction of sp³-hybridized carbons (Fsp3) is 0.196. The number of alkyl halides is 3. The van der Waals surface area contributed by atoms with E-state index in [9.17, 15) is 13.2 Å². The number of nitrogens with zero attached hydrogens (tertiary/aromatic N) is 8. The summed E-state index contributed by atoms with van der Waals surface area (Å²) >= 11 is 0. The molecule has 0 aliphatic rings. The molecule has 0 aliphatic carbocycles. The summed E-state index contributed by atoms with van der Waals surface area (Å²) in [6, 6.07) is 29.4. The Kier molecular flexibility index (Phi) is 17.1. The van der Waals surface area contributed by atoms with Gasteiger partial charge in [-0.25, -0.2) is 0 Å². The van der Waals surface area contributed by atoms with Gasteiger partial charge < -0.3 is 57.1 Å². The zero-order valence-corrected chi connectivity index (χ0v) is 39.1. The van der Waals surface area contributed by atoms with Crippen molar-refractivity contribution < 1.29 is 80.3 Å². The van der Waals surface area contributed by atoms with Crippen LogP contribution >= 0.6 is 0 Å². The molecule has 66 heavy (non-hydrogen) atoms. The van der Waals surface area contributed by atoms with E-state index in [1.54, 1.807) is 102 Å². The van der Waals surface area contributed by atoms with Gasteiger partial charge in [0.15, 0.2) is 0 Å². The van der Waals surface area contributed by atoms with Crippen LogP contribution in [0.1, 0.15) is 5.82 Å². The fourth-order valence-electron chi connectivity index (χ4n) is 5.90. The van der Waals surface area contributed by atoms with Gasteiger partial charge in [0.05, 0.1) is 62.6 Å². The molecular formula is C46H42F3IrN8O8-3. The summed E-state index contributed by atoms with van der Waals surface area (Å²) in [7, 11) is 12.9. The van der Waals surface area contributed by atoms with Gasteiger partial charge in [-0.1, -0.05) is 18.2 Å². The number of rotatable bonds is 13. The minimum atomic E-state index is -4.57. The summed E-state index contributed by atoms with van der Waals surface area (Å²) in [6.07, 6.45) is 10.8. The number of halogens is 3. The van der Waals surface area contributed by atoms with Gasteiger partial charge in [-0.2, -0.15) is 25.3 Å². The summed E-state index contributed by atoms with van der Waals surface area (Å²) in [5.41, 5.74) is 3.41. The van der Waals surface area contributed by atoms with E-state index in [-0.39, 0.29) is 31.6 Å². The topological polar surface area (TPSA) is 144 Å². The molecule has 4 aromatic carbocycles. The van der Waals surface area contributed by atoms with Crippen LogP contribution in [0.4, 0.5) is 13.2 Å². The van der Waals surface area contributed by atoms with Crippen LogP contribution in [0.3, 0.4) is 0 Å². The molecule has 0 bridgehead atoms. The smallest absolute Gasteiger partial charge is 0.429 e. The predicted octanol–water partition coefficient (Wildman–Crippen LogP) is 6.29. The van der Waals surface area contributed by atoms with E-state index in [0.717, 1.165) is 34.2 Å². The third-order valence-electron chi connectivity index (χ3n) is 9.16. The molecule has 8 rings (SSSR count). The van der Waals surface area contributed by atoms with Crippen LogP contribution in [0, 0.1) is 24.8 Å². The maximum Gasteiger partial charge on any atom is 0.429 e. The van der Waals surface area contributed by atoms with Crippen molar-refractivity contribution in [1.29, 1.82) is 0 Å². The Bertz CT molecular complexity index is 2520. The average molecular weight is 1080 g/mol. The van der Waals surface area contributed by atoms with Gasteiger partial charge in [0.25, 0.3) is 12.7 Å². The second kappa shape index (κ2) is 22.9. The first-order valence-corrected chi connectivity index (χ1v) is 19.1. The van der Waals surface area contributed by atoms with Gasteiger partial charge in [-0.3, -0.25) is 19.2 Å². The Morgan fingerprint density at radius 2 is 1.03 bits per heavy atom. The number of ether oxygens (including phenoxy) is 8. The molecule has 0 fully saturated rings. The van der Waals surface area contributed by atoms with E-state index in [1.165, 1.54) is 12.3 Å². The van der Waals surface area contributed by atoms with Gasteiger partial charge in [-0.05, 0) is 53.6 Å². The van der Waals surface area contributed by atoms with Crippen LogP contribution in [0.5, 0.6) is 46.0 Å². The number of benzene rings is 4. The van der Waals surface area contributed by atoms with E-state index < -0.39 is 12.0 Å². The van der Waals surface area contributed by atoms with E-state index in [4.69, 9.17) is 37.9 Å². The number of aromatic nitrogens is 8. The number of pyridine rings is 1. The first-order valence-electron chi connectivity index (χ1n) is 19.1. The molecule has 347 valence electrons. The van der Waals surface area contributed by atoms with E-state index in [2.05, 4.69) is 45.0 Å². The van der Waals surface area contributed by atoms with Crippen molar-refractivity contribution in [3.8, 4) is 80.3 Å². The largest absolute Gasteiger partial charge is 0.558 e. The van der Waals surface area contributed by atoms with E-state index in [1.807, 2.05) is 70.3 Å². The standard InChI is InChI=1S/2C19H19N2O4.C8H4F3N4.Ir/c2*1-22-14-5-7-16(18(11-14)24-3)20-9-10-21(13-20)17-8-6-15(23-2)12-19(17)25-4;9-8(10,11)7-13-6(14-15-7)5-3-1-2-4-12-5;/h2*5-7,9-12H,1-4H3;1-4H;/q3*-1;. The molecule has 4 aromatic heterocycles. The number of methoxy groups -OCH3 is 8. The first-order chi connectivity index (χ1) is 31.5. The molecule has 0 unspecified atom stereocenters. The first kappa shape index (κ1) is 49.4. The van der Waals surface area contributed by atoms with Gasteiger partial charge in [0.2, 0.25) is 0 Å². The second-order valence-corrected chi connectivity index (χ2v) is 12.9. The second-order valence-electron chi connectivity index (χ2n) is 12.9. The summed E-state index contributed by atoms with van der Waals surface area (Å²) in [5, 5.41) is 6.25. The minimum absolute atomic E-state index is 0. The van der Waals surface area contributed by atoms with Crippen molar-refractivity contribution in [2.75, 3.05) is 56.9 Å². The molecule has 20 heteroatoms. The van der Waals surface area contributed by atoms with Crippen molar-refractivity contribution in [1.82, 2.24) is 29.3 Å². The monoisotopic (exact) mass is 1080 g/mol. The van der Waals surface area contributed by atoms with Crippen LogP contribution < -0.4 is 52.1 Å². The van der Waals surface area contributed by atoms with Crippen molar-refractivity contribution in [3.05, 3.63) is 140 Å². The van der Waals surface area contributed by atoms with Crippen LogP contribution in [-0.4, -0.2) is 81.1 Å². The molecule has 1 radical (unpaired) electrons. The molecule has 16 nitrogen and oxygen atoms in total. The van der Waals surface area contributed by atoms with Crippen molar-refractivity contribution in [2.24, 2.45) is 0 Å². The van der Waals surface area contributed by atoms with Crippen LogP contribution in [0.15, 0.2) is 110 Å². The molecule has 0 saturated carbocycles. The Labute approximate surface area is 392 Å². The summed E-state index contributed by atoms with van der Waals surface area (Å²) < 4.78 is 86.3. The van der Waals surface area contributed by atoms with Crippen molar-refractivity contribution in [3.63, 3.8) is 0 Å². The third-order valence-corrected chi connectivity index (χ3v) is 9.16. The maximum absolute atomic E-state index is 12.1. The van der Waals surface area contributed by atoms with Gasteiger partial charge >= 0.3 is 6.18 Å². The van der Waals surface area contributed by atoms with E-state index >= 15 is 0 Å². The SMILES string of the molecule is COc1c[c-]c(-n2[c-][n+](-c3ccc(OC)cc3OC)cc2)c(OC)c1.COc1c[c-]c(-n2[c-][n+](-c3ccc(OC)cc3OC)cc2)c(OC)c1.FC(F)(F)c1n[n-]c(-c2ccccn2)n1.[Ir]. The molecule has 8 aromatic rings. The third kappa shape index (κ3) is 11.8. The number of imidazole rings is 2. The molecule has 4 heterocycles. The molecule has 0 aliphatic heterocycles. The molecule has 0 N–H and O–H groups in total. The summed E-state index contributed by atoms with van der Waals surface area (Å²) in [4.78, 5) is 7.05. The quantitative estimate of drug-likeness (QED) is 0.0946. The Hall–Kier alpha value is -7.57. The minimum Gasteiger partial charge on any atom is -0.558 e. The Balaban J connectivity index is 0.000000190. The van der Waals surface area contributed by atoms with Crippen LogP contribution in [-0.2, 0) is 26.3 Å². The van der Waals surface area contributed by atoms with Gasteiger partial charge in [0.1, 0.15) is 40.2 Å². The van der Waals surface area contributed by atoms with Gasteiger partial charge in [-0.15, -0.1) is 12.1 Å². The van der Waals surface area contributed by atoms with Gasteiger partial charge in [0, 0.05) is 86.2 Å². The Morgan fingerprint density at radius 1 is 0.576 bits per heavy atom. The molecule has 0 amide bonds. The number of hydrogen-bond acceptors (Lipinski definition) is 11. The zero-order chi connectivity index (χ0) is 46.5. The Morgan fingerprint density at radius 3 is 1.41 bits per heavy atom. The molecule has 0 atom stereocenters. The van der Waals surface area contributed by atoms with E-state index in [0.29, 0.717) is 34.5 Å². The maximum atomic E-state index is 12.1. The van der Waals surface area contributed by atoms with Crippen LogP contribution in [0.2, 0.25) is 0 Å². The normalized spacial score (nSPS) is 10.5. The molecular weight excluding hydrogens is 1040 g/mol. The predicted molar refractivity (Wildman–Crippen MR) is 226 cm³/mol. The summed E-state index contributed by atoms with van der Waals surface area (Å²) in [5.74, 6) is 4.09. The molecule has 0 spiro atoms. The van der Waals surface area contributed by atoms with Crippen molar-refractivity contribution >= 4 is 0 Å². The fourth-order valence-corrected chi connectivity index (χ4v) is 5.90. The summed E-state index contributed by atoms with van der Waals surface area (Å²) in [6.45, 7) is 0. The zero-order valence-electron chi connectivity index (χ0n) is 36.7. The molecule has 0 saturated heterocycles. The number of hydrogen-bond donors (Lipinski definition) is 0. The average Bonchev–Trinajstić information content (AvgIpc) is 4.17. The van der Waals surface area contributed by atoms with Crippen molar-refractivity contribution in [2.45, 2.75) is 6.18 Å².